The lowest BCUT2D eigenvalue weighted by Gasteiger charge is -2.10. The summed E-state index contributed by atoms with van der Waals surface area (Å²) in [4.78, 5) is 26.4. The molecule has 0 saturated heterocycles. The van der Waals surface area contributed by atoms with E-state index in [9.17, 15) is 9.59 Å². The molecule has 1 heterocycles. The second-order valence-electron chi connectivity index (χ2n) is 4.98. The summed E-state index contributed by atoms with van der Waals surface area (Å²) in [7, 11) is 0. The highest BCUT2D eigenvalue weighted by Gasteiger charge is 2.12. The molecule has 110 valence electrons. The van der Waals surface area contributed by atoms with E-state index in [-0.39, 0.29) is 24.7 Å². The zero-order valence-corrected chi connectivity index (χ0v) is 11.7. The summed E-state index contributed by atoms with van der Waals surface area (Å²) in [6.07, 6.45) is 5.34. The van der Waals surface area contributed by atoms with Gasteiger partial charge in [-0.25, -0.2) is 4.98 Å². The van der Waals surface area contributed by atoms with Gasteiger partial charge in [0.25, 0.3) is 0 Å². The summed E-state index contributed by atoms with van der Waals surface area (Å²) in [6, 6.07) is 7.37. The van der Waals surface area contributed by atoms with Crippen molar-refractivity contribution in [3.05, 3.63) is 43.0 Å². The van der Waals surface area contributed by atoms with Gasteiger partial charge in [-0.3, -0.25) is 9.59 Å². The molecule has 6 heteroatoms. The minimum absolute atomic E-state index is 0.0114. The van der Waals surface area contributed by atoms with Crippen LogP contribution in [0.15, 0.2) is 43.0 Å². The highest BCUT2D eigenvalue weighted by atomic mass is 16.4. The molecule has 0 bridgehead atoms. The van der Waals surface area contributed by atoms with E-state index in [0.29, 0.717) is 5.69 Å². The Morgan fingerprint density at radius 1 is 1.38 bits per heavy atom. The third kappa shape index (κ3) is 4.45. The maximum absolute atomic E-state index is 11.9. The van der Waals surface area contributed by atoms with Crippen molar-refractivity contribution in [1.29, 1.82) is 0 Å². The average molecular weight is 287 g/mol. The van der Waals surface area contributed by atoms with Crippen molar-refractivity contribution in [1.82, 2.24) is 9.55 Å². The lowest BCUT2D eigenvalue weighted by Crippen LogP contribution is -2.17. The van der Waals surface area contributed by atoms with Crippen LogP contribution in [0.5, 0.6) is 0 Å². The number of carbonyl (C=O) groups excluding carboxylic acids is 1. The molecule has 1 atom stereocenters. The van der Waals surface area contributed by atoms with Crippen LogP contribution in [0.25, 0.3) is 5.69 Å². The standard InChI is InChI=1S/C15H17N3O3/c1-11(8-15(20)21)7-14(19)17-12-3-2-4-13(9-12)18-6-5-16-10-18/h2-6,9-11H,7-8H2,1H3,(H,17,19)(H,20,21). The third-order valence-corrected chi connectivity index (χ3v) is 2.99. The van der Waals surface area contributed by atoms with Gasteiger partial charge >= 0.3 is 5.97 Å². The molecule has 0 aliphatic heterocycles. The topological polar surface area (TPSA) is 84.2 Å². The summed E-state index contributed by atoms with van der Waals surface area (Å²) in [6.45, 7) is 1.75. The normalized spacial score (nSPS) is 11.9. The summed E-state index contributed by atoms with van der Waals surface area (Å²) in [5, 5.41) is 11.5. The molecule has 2 aromatic rings. The van der Waals surface area contributed by atoms with Gasteiger partial charge in [0.05, 0.1) is 6.33 Å². The van der Waals surface area contributed by atoms with Crippen LogP contribution in [0, 0.1) is 5.92 Å². The number of aliphatic carboxylic acids is 1. The van der Waals surface area contributed by atoms with Crippen LogP contribution in [0.1, 0.15) is 19.8 Å². The van der Waals surface area contributed by atoms with Crippen molar-refractivity contribution in [3.63, 3.8) is 0 Å². The molecule has 0 aliphatic rings. The highest BCUT2D eigenvalue weighted by molar-refractivity contribution is 5.91. The molecule has 2 N–H and O–H groups in total. The fourth-order valence-electron chi connectivity index (χ4n) is 2.05. The number of hydrogen-bond acceptors (Lipinski definition) is 3. The quantitative estimate of drug-likeness (QED) is 0.854. The molecule has 0 saturated carbocycles. The van der Waals surface area contributed by atoms with Gasteiger partial charge < -0.3 is 15.0 Å². The second-order valence-corrected chi connectivity index (χ2v) is 4.98. The molecule has 1 unspecified atom stereocenters. The zero-order valence-electron chi connectivity index (χ0n) is 11.7. The largest absolute Gasteiger partial charge is 0.481 e. The number of benzene rings is 1. The van der Waals surface area contributed by atoms with E-state index < -0.39 is 5.97 Å². The van der Waals surface area contributed by atoms with Crippen molar-refractivity contribution in [3.8, 4) is 5.69 Å². The Morgan fingerprint density at radius 2 is 2.19 bits per heavy atom. The first kappa shape index (κ1) is 14.8. The molecule has 1 aromatic carbocycles. The lowest BCUT2D eigenvalue weighted by molar-refractivity contribution is -0.138. The number of anilines is 1. The van der Waals surface area contributed by atoms with Crippen LogP contribution in [0.4, 0.5) is 5.69 Å². The number of hydrogen-bond donors (Lipinski definition) is 2. The van der Waals surface area contributed by atoms with Crippen LogP contribution < -0.4 is 5.32 Å². The second kappa shape index (κ2) is 6.69. The van der Waals surface area contributed by atoms with Crippen LogP contribution in [-0.4, -0.2) is 26.5 Å². The van der Waals surface area contributed by atoms with Crippen LogP contribution in [-0.2, 0) is 9.59 Å². The van der Waals surface area contributed by atoms with Crippen molar-refractivity contribution < 1.29 is 14.7 Å². The SMILES string of the molecule is CC(CC(=O)O)CC(=O)Nc1cccc(-n2ccnc2)c1. The monoisotopic (exact) mass is 287 g/mol. The molecule has 0 spiro atoms. The molecule has 0 radical (unpaired) electrons. The van der Waals surface area contributed by atoms with E-state index in [4.69, 9.17) is 5.11 Å². The number of rotatable bonds is 6. The summed E-state index contributed by atoms with van der Waals surface area (Å²) >= 11 is 0. The van der Waals surface area contributed by atoms with Crippen molar-refractivity contribution in [2.45, 2.75) is 19.8 Å². The first-order valence-corrected chi connectivity index (χ1v) is 6.64. The Hall–Kier alpha value is -2.63. The van der Waals surface area contributed by atoms with Crippen molar-refractivity contribution >= 4 is 17.6 Å². The zero-order chi connectivity index (χ0) is 15.2. The number of carboxylic acids is 1. The fourth-order valence-corrected chi connectivity index (χ4v) is 2.05. The molecule has 0 aliphatic carbocycles. The molecule has 21 heavy (non-hydrogen) atoms. The number of nitrogens with one attached hydrogen (secondary N) is 1. The minimum Gasteiger partial charge on any atom is -0.481 e. The maximum Gasteiger partial charge on any atom is 0.303 e. The van der Waals surface area contributed by atoms with Gasteiger partial charge in [0.2, 0.25) is 5.91 Å². The first-order chi connectivity index (χ1) is 10.0. The van der Waals surface area contributed by atoms with Gasteiger partial charge in [0.1, 0.15) is 0 Å². The first-order valence-electron chi connectivity index (χ1n) is 6.64. The summed E-state index contributed by atoms with van der Waals surface area (Å²) < 4.78 is 1.84. The summed E-state index contributed by atoms with van der Waals surface area (Å²) in [5.41, 5.74) is 1.57. The third-order valence-electron chi connectivity index (χ3n) is 2.99. The lowest BCUT2D eigenvalue weighted by atomic mass is 10.0. The Morgan fingerprint density at radius 3 is 2.86 bits per heavy atom. The number of aromatic nitrogens is 2. The van der Waals surface area contributed by atoms with Crippen LogP contribution >= 0.6 is 0 Å². The van der Waals surface area contributed by atoms with Gasteiger partial charge in [-0.2, -0.15) is 0 Å². The summed E-state index contributed by atoms with van der Waals surface area (Å²) in [5.74, 6) is -1.27. The number of amides is 1. The van der Waals surface area contributed by atoms with Gasteiger partial charge in [0.15, 0.2) is 0 Å². The Balaban J connectivity index is 1.98. The maximum atomic E-state index is 11.9. The number of imidazole rings is 1. The van der Waals surface area contributed by atoms with Gasteiger partial charge in [-0.05, 0) is 24.1 Å². The van der Waals surface area contributed by atoms with E-state index in [2.05, 4.69) is 10.3 Å². The van der Waals surface area contributed by atoms with Crippen molar-refractivity contribution in [2.75, 3.05) is 5.32 Å². The van der Waals surface area contributed by atoms with Crippen molar-refractivity contribution in [2.24, 2.45) is 5.92 Å². The Bertz CT molecular complexity index is 623. The Kier molecular flexibility index (Phi) is 4.71. The van der Waals surface area contributed by atoms with E-state index in [0.717, 1.165) is 5.69 Å². The Labute approximate surface area is 122 Å². The van der Waals surface area contributed by atoms with Crippen LogP contribution in [0.3, 0.4) is 0 Å². The van der Waals surface area contributed by atoms with E-state index in [1.807, 2.05) is 29.0 Å². The van der Waals surface area contributed by atoms with E-state index >= 15 is 0 Å². The molecule has 6 nitrogen and oxygen atoms in total. The van der Waals surface area contributed by atoms with Gasteiger partial charge in [0, 0.05) is 36.6 Å². The highest BCUT2D eigenvalue weighted by Crippen LogP contribution is 2.16. The predicted octanol–water partition coefficient (Wildman–Crippen LogP) is 2.31. The van der Waals surface area contributed by atoms with Crippen LogP contribution in [0.2, 0.25) is 0 Å². The molecule has 0 fully saturated rings. The molecule has 2 rings (SSSR count). The fraction of sp³-hybridized carbons (Fsp3) is 0.267. The smallest absolute Gasteiger partial charge is 0.303 e. The average Bonchev–Trinajstić information content (AvgIpc) is 2.91. The number of nitrogens with zero attached hydrogens (tertiary/aromatic N) is 2. The molecule has 1 aromatic heterocycles. The molecular formula is C15H17N3O3. The number of carbonyl (C=O) groups is 2. The molecular weight excluding hydrogens is 270 g/mol. The van der Waals surface area contributed by atoms with Gasteiger partial charge in [-0.15, -0.1) is 0 Å². The number of carboxylic acid groups (broad SMARTS) is 1. The van der Waals surface area contributed by atoms with E-state index in [1.165, 1.54) is 0 Å². The van der Waals surface area contributed by atoms with Gasteiger partial charge in [-0.1, -0.05) is 13.0 Å². The minimum atomic E-state index is -0.891. The molecule has 1 amide bonds. The van der Waals surface area contributed by atoms with E-state index in [1.54, 1.807) is 25.5 Å². The predicted molar refractivity (Wildman–Crippen MR) is 78.2 cm³/mol.